The molecule has 1 fully saturated rings. The molecule has 1 aliphatic heterocycles. The van der Waals surface area contributed by atoms with Crippen molar-refractivity contribution in [2.45, 2.75) is 12.5 Å². The minimum atomic E-state index is 0.283. The Kier molecular flexibility index (Phi) is 7.01. The van der Waals surface area contributed by atoms with Crippen LogP contribution in [0.15, 0.2) is 30.3 Å². The van der Waals surface area contributed by atoms with Gasteiger partial charge in [-0.2, -0.15) is 0 Å². The van der Waals surface area contributed by atoms with Crippen LogP contribution in [-0.2, 0) is 9.47 Å². The maximum Gasteiger partial charge on any atom is 0.0657 e. The van der Waals surface area contributed by atoms with E-state index >= 15 is 0 Å². The highest BCUT2D eigenvalue weighted by molar-refractivity contribution is 5.18. The SMILES string of the molecule is COCC(NCCCN1CCOCC1)c1ccccc1. The van der Waals surface area contributed by atoms with Gasteiger partial charge in [0.1, 0.15) is 0 Å². The van der Waals surface area contributed by atoms with Crippen molar-refractivity contribution >= 4 is 0 Å². The van der Waals surface area contributed by atoms with Crippen molar-refractivity contribution in [1.82, 2.24) is 10.2 Å². The van der Waals surface area contributed by atoms with Gasteiger partial charge in [-0.3, -0.25) is 4.90 Å². The van der Waals surface area contributed by atoms with Gasteiger partial charge in [-0.25, -0.2) is 0 Å². The lowest BCUT2D eigenvalue weighted by atomic mass is 10.1. The molecule has 4 nitrogen and oxygen atoms in total. The molecule has 0 amide bonds. The number of nitrogens with zero attached hydrogens (tertiary/aromatic N) is 1. The average Bonchev–Trinajstić information content (AvgIpc) is 2.52. The number of ether oxygens (including phenoxy) is 2. The zero-order chi connectivity index (χ0) is 14.0. The Bertz CT molecular complexity index is 353. The highest BCUT2D eigenvalue weighted by Gasteiger charge is 2.12. The molecular weight excluding hydrogens is 252 g/mol. The Morgan fingerprint density at radius 1 is 1.25 bits per heavy atom. The monoisotopic (exact) mass is 278 g/mol. The van der Waals surface area contributed by atoms with Gasteiger partial charge in [0.15, 0.2) is 0 Å². The van der Waals surface area contributed by atoms with Crippen LogP contribution >= 0.6 is 0 Å². The number of nitrogens with one attached hydrogen (secondary N) is 1. The first-order valence-corrected chi connectivity index (χ1v) is 7.47. The van der Waals surface area contributed by atoms with Crippen molar-refractivity contribution in [2.75, 3.05) is 53.1 Å². The summed E-state index contributed by atoms with van der Waals surface area (Å²) < 4.78 is 10.7. The zero-order valence-electron chi connectivity index (χ0n) is 12.4. The number of hydrogen-bond acceptors (Lipinski definition) is 4. The molecule has 20 heavy (non-hydrogen) atoms. The third kappa shape index (κ3) is 5.21. The molecule has 1 saturated heterocycles. The molecule has 1 atom stereocenters. The highest BCUT2D eigenvalue weighted by Crippen LogP contribution is 2.12. The standard InChI is InChI=1S/C16H26N2O2/c1-19-14-16(15-6-3-2-4-7-15)17-8-5-9-18-10-12-20-13-11-18/h2-4,6-7,16-17H,5,8-14H2,1H3. The maximum atomic E-state index is 5.36. The zero-order valence-corrected chi connectivity index (χ0v) is 12.4. The molecule has 4 heteroatoms. The minimum Gasteiger partial charge on any atom is -0.383 e. The molecular formula is C16H26N2O2. The predicted molar refractivity (Wildman–Crippen MR) is 80.9 cm³/mol. The molecule has 1 N–H and O–H groups in total. The highest BCUT2D eigenvalue weighted by atomic mass is 16.5. The van der Waals surface area contributed by atoms with Crippen LogP contribution in [0.25, 0.3) is 0 Å². The van der Waals surface area contributed by atoms with Gasteiger partial charge in [-0.05, 0) is 25.1 Å². The number of rotatable bonds is 8. The normalized spacial score (nSPS) is 18.1. The maximum absolute atomic E-state index is 5.36. The van der Waals surface area contributed by atoms with E-state index in [2.05, 4.69) is 34.5 Å². The molecule has 112 valence electrons. The molecule has 0 saturated carbocycles. The third-order valence-corrected chi connectivity index (χ3v) is 3.68. The predicted octanol–water partition coefficient (Wildman–Crippen LogP) is 1.69. The van der Waals surface area contributed by atoms with Crippen LogP contribution in [0.2, 0.25) is 0 Å². The summed E-state index contributed by atoms with van der Waals surface area (Å²) >= 11 is 0. The first-order chi connectivity index (χ1) is 9.90. The number of morpholine rings is 1. The van der Waals surface area contributed by atoms with Crippen LogP contribution in [0.3, 0.4) is 0 Å². The number of hydrogen-bond donors (Lipinski definition) is 1. The van der Waals surface area contributed by atoms with Crippen LogP contribution in [0.4, 0.5) is 0 Å². The topological polar surface area (TPSA) is 33.7 Å². The fraction of sp³-hybridized carbons (Fsp3) is 0.625. The van der Waals surface area contributed by atoms with E-state index < -0.39 is 0 Å². The van der Waals surface area contributed by atoms with Gasteiger partial charge < -0.3 is 14.8 Å². The molecule has 0 spiro atoms. The van der Waals surface area contributed by atoms with E-state index in [0.717, 1.165) is 45.8 Å². The molecule has 1 aromatic carbocycles. The van der Waals surface area contributed by atoms with Gasteiger partial charge in [0.05, 0.1) is 25.9 Å². The molecule has 0 radical (unpaired) electrons. The van der Waals surface area contributed by atoms with Gasteiger partial charge in [0.25, 0.3) is 0 Å². The van der Waals surface area contributed by atoms with E-state index in [-0.39, 0.29) is 6.04 Å². The molecule has 2 rings (SSSR count). The fourth-order valence-corrected chi connectivity index (χ4v) is 2.53. The van der Waals surface area contributed by atoms with Crippen LogP contribution in [0.1, 0.15) is 18.0 Å². The van der Waals surface area contributed by atoms with Gasteiger partial charge in [0.2, 0.25) is 0 Å². The van der Waals surface area contributed by atoms with Crippen molar-refractivity contribution < 1.29 is 9.47 Å². The van der Waals surface area contributed by atoms with E-state index in [4.69, 9.17) is 9.47 Å². The second-order valence-electron chi connectivity index (χ2n) is 5.18. The van der Waals surface area contributed by atoms with Crippen LogP contribution in [-0.4, -0.2) is 58.0 Å². The fourth-order valence-electron chi connectivity index (χ4n) is 2.53. The molecule has 1 unspecified atom stereocenters. The van der Waals surface area contributed by atoms with Crippen molar-refractivity contribution in [3.05, 3.63) is 35.9 Å². The first-order valence-electron chi connectivity index (χ1n) is 7.47. The summed E-state index contributed by atoms with van der Waals surface area (Å²) in [5.74, 6) is 0. The van der Waals surface area contributed by atoms with Crippen molar-refractivity contribution in [1.29, 1.82) is 0 Å². The Balaban J connectivity index is 1.69. The summed E-state index contributed by atoms with van der Waals surface area (Å²) in [6.45, 7) is 6.76. The first kappa shape index (κ1) is 15.4. The lowest BCUT2D eigenvalue weighted by Gasteiger charge is -2.27. The number of methoxy groups -OCH3 is 1. The summed E-state index contributed by atoms with van der Waals surface area (Å²) in [4.78, 5) is 2.47. The third-order valence-electron chi connectivity index (χ3n) is 3.68. The molecule has 0 bridgehead atoms. The van der Waals surface area contributed by atoms with Gasteiger partial charge in [0, 0.05) is 20.2 Å². The van der Waals surface area contributed by atoms with E-state index in [1.165, 1.54) is 5.56 Å². The Labute approximate surface area is 122 Å². The Hall–Kier alpha value is -0.940. The lowest BCUT2D eigenvalue weighted by molar-refractivity contribution is 0.0372. The molecule has 1 heterocycles. The van der Waals surface area contributed by atoms with Crippen molar-refractivity contribution in [3.8, 4) is 0 Å². The van der Waals surface area contributed by atoms with E-state index in [1.54, 1.807) is 7.11 Å². The summed E-state index contributed by atoms with van der Waals surface area (Å²) in [6, 6.07) is 10.8. The largest absolute Gasteiger partial charge is 0.383 e. The molecule has 0 aliphatic carbocycles. The molecule has 0 aromatic heterocycles. The second-order valence-corrected chi connectivity index (χ2v) is 5.18. The van der Waals surface area contributed by atoms with Crippen molar-refractivity contribution in [3.63, 3.8) is 0 Å². The van der Waals surface area contributed by atoms with Crippen molar-refractivity contribution in [2.24, 2.45) is 0 Å². The Morgan fingerprint density at radius 2 is 2.00 bits per heavy atom. The quantitative estimate of drug-likeness (QED) is 0.734. The van der Waals surface area contributed by atoms with E-state index in [9.17, 15) is 0 Å². The van der Waals surface area contributed by atoms with Crippen LogP contribution < -0.4 is 5.32 Å². The summed E-state index contributed by atoms with van der Waals surface area (Å²) in [5, 5.41) is 3.59. The smallest absolute Gasteiger partial charge is 0.0657 e. The van der Waals surface area contributed by atoms with Gasteiger partial charge >= 0.3 is 0 Å². The van der Waals surface area contributed by atoms with E-state index in [0.29, 0.717) is 6.61 Å². The van der Waals surface area contributed by atoms with Crippen LogP contribution in [0, 0.1) is 0 Å². The number of benzene rings is 1. The second kappa shape index (κ2) is 9.08. The molecule has 1 aromatic rings. The summed E-state index contributed by atoms with van der Waals surface area (Å²) in [5.41, 5.74) is 1.29. The Morgan fingerprint density at radius 3 is 2.70 bits per heavy atom. The average molecular weight is 278 g/mol. The van der Waals surface area contributed by atoms with Crippen LogP contribution in [0.5, 0.6) is 0 Å². The lowest BCUT2D eigenvalue weighted by Crippen LogP contribution is -2.38. The van der Waals surface area contributed by atoms with Gasteiger partial charge in [-0.15, -0.1) is 0 Å². The van der Waals surface area contributed by atoms with E-state index in [1.807, 2.05) is 6.07 Å². The molecule has 1 aliphatic rings. The van der Waals surface area contributed by atoms with Gasteiger partial charge in [-0.1, -0.05) is 30.3 Å². The summed E-state index contributed by atoms with van der Waals surface area (Å²) in [6.07, 6.45) is 1.16. The summed E-state index contributed by atoms with van der Waals surface area (Å²) in [7, 11) is 1.76. The minimum absolute atomic E-state index is 0.283.